The van der Waals surface area contributed by atoms with Gasteiger partial charge in [-0.2, -0.15) is 0 Å². The predicted octanol–water partition coefficient (Wildman–Crippen LogP) is 2.98. The Kier molecular flexibility index (Phi) is 5.14. The van der Waals surface area contributed by atoms with E-state index in [0.29, 0.717) is 19.5 Å². The summed E-state index contributed by atoms with van der Waals surface area (Å²) in [5.41, 5.74) is 2.27. The maximum atomic E-state index is 11.3. The molecule has 0 fully saturated rings. The van der Waals surface area contributed by atoms with Crippen LogP contribution in [0.15, 0.2) is 35.9 Å². The van der Waals surface area contributed by atoms with Crippen LogP contribution in [0.1, 0.15) is 12.0 Å². The van der Waals surface area contributed by atoms with Crippen molar-refractivity contribution in [2.75, 3.05) is 33.9 Å². The third-order valence-corrected chi connectivity index (χ3v) is 4.40. The SMILES string of the molecule is COC(=O)OC1=C(O)CCN(CCc2c[nH]c3ccc(OC)cc23)C1. The Hall–Kier alpha value is -2.67. The van der Waals surface area contributed by atoms with Crippen LogP contribution in [-0.4, -0.2) is 55.0 Å². The van der Waals surface area contributed by atoms with E-state index in [2.05, 4.69) is 14.6 Å². The average molecular weight is 346 g/mol. The lowest BCUT2D eigenvalue weighted by atomic mass is 10.1. The molecule has 7 heteroatoms. The zero-order chi connectivity index (χ0) is 17.8. The molecule has 2 aromatic rings. The predicted molar refractivity (Wildman–Crippen MR) is 92.8 cm³/mol. The van der Waals surface area contributed by atoms with Crippen molar-refractivity contribution >= 4 is 17.1 Å². The quantitative estimate of drug-likeness (QED) is 0.810. The Labute approximate surface area is 145 Å². The van der Waals surface area contributed by atoms with Gasteiger partial charge in [0.1, 0.15) is 11.5 Å². The molecule has 1 aliphatic rings. The second-order valence-corrected chi connectivity index (χ2v) is 5.93. The number of H-pyrrole nitrogens is 1. The zero-order valence-electron chi connectivity index (χ0n) is 14.4. The van der Waals surface area contributed by atoms with Crippen molar-refractivity contribution in [2.45, 2.75) is 12.8 Å². The van der Waals surface area contributed by atoms with Crippen molar-refractivity contribution in [3.05, 3.63) is 41.5 Å². The third-order valence-electron chi connectivity index (χ3n) is 4.40. The number of nitrogens with zero attached hydrogens (tertiary/aromatic N) is 1. The number of hydrogen-bond acceptors (Lipinski definition) is 6. The van der Waals surface area contributed by atoms with E-state index in [-0.39, 0.29) is 11.5 Å². The molecule has 2 N–H and O–H groups in total. The molecule has 0 atom stereocenters. The number of rotatable bonds is 5. The monoisotopic (exact) mass is 346 g/mol. The summed E-state index contributed by atoms with van der Waals surface area (Å²) in [6.07, 6.45) is 2.48. The number of carbonyl (C=O) groups excluding carboxylic acids is 1. The number of benzene rings is 1. The molecule has 3 rings (SSSR count). The van der Waals surface area contributed by atoms with Gasteiger partial charge in [0.2, 0.25) is 0 Å². The number of carbonyl (C=O) groups is 1. The van der Waals surface area contributed by atoms with E-state index >= 15 is 0 Å². The van der Waals surface area contributed by atoms with Gasteiger partial charge < -0.3 is 24.3 Å². The Bertz CT molecular complexity index is 796. The number of hydrogen-bond donors (Lipinski definition) is 2. The number of aliphatic hydroxyl groups is 1. The molecule has 134 valence electrons. The van der Waals surface area contributed by atoms with Gasteiger partial charge in [0.25, 0.3) is 0 Å². The highest BCUT2D eigenvalue weighted by Crippen LogP contribution is 2.25. The van der Waals surface area contributed by atoms with Crippen LogP contribution in [-0.2, 0) is 15.9 Å². The van der Waals surface area contributed by atoms with Crippen LogP contribution < -0.4 is 4.74 Å². The third kappa shape index (κ3) is 3.88. The summed E-state index contributed by atoms with van der Waals surface area (Å²) in [5, 5.41) is 11.0. The minimum absolute atomic E-state index is 0.110. The van der Waals surface area contributed by atoms with Crippen molar-refractivity contribution in [2.24, 2.45) is 0 Å². The maximum Gasteiger partial charge on any atom is 0.513 e. The molecule has 2 heterocycles. The second kappa shape index (κ2) is 7.48. The van der Waals surface area contributed by atoms with E-state index in [1.807, 2.05) is 24.4 Å². The first kappa shape index (κ1) is 17.2. The van der Waals surface area contributed by atoms with E-state index in [1.54, 1.807) is 7.11 Å². The summed E-state index contributed by atoms with van der Waals surface area (Å²) in [6.45, 7) is 1.88. The normalized spacial score (nSPS) is 15.4. The van der Waals surface area contributed by atoms with Crippen molar-refractivity contribution in [1.82, 2.24) is 9.88 Å². The highest BCUT2D eigenvalue weighted by Gasteiger charge is 2.22. The summed E-state index contributed by atoms with van der Waals surface area (Å²) in [5.74, 6) is 1.20. The maximum absolute atomic E-state index is 11.3. The van der Waals surface area contributed by atoms with Gasteiger partial charge in [-0.15, -0.1) is 0 Å². The summed E-state index contributed by atoms with van der Waals surface area (Å²) in [4.78, 5) is 16.7. The van der Waals surface area contributed by atoms with Crippen LogP contribution in [0.5, 0.6) is 5.75 Å². The standard InChI is InChI=1S/C18H22N2O5/c1-23-13-3-4-15-14(9-13)12(10-19-15)5-7-20-8-6-16(21)17(11-20)25-18(22)24-2/h3-4,9-10,19,21H,5-8,11H2,1-2H3. The van der Waals surface area contributed by atoms with Gasteiger partial charge in [-0.1, -0.05) is 0 Å². The van der Waals surface area contributed by atoms with E-state index in [0.717, 1.165) is 29.6 Å². The minimum Gasteiger partial charge on any atom is -0.509 e. The smallest absolute Gasteiger partial charge is 0.509 e. The highest BCUT2D eigenvalue weighted by molar-refractivity contribution is 5.84. The van der Waals surface area contributed by atoms with E-state index in [1.165, 1.54) is 12.7 Å². The lowest BCUT2D eigenvalue weighted by molar-refractivity contribution is 0.0791. The number of aliphatic hydroxyl groups excluding tert-OH is 1. The summed E-state index contributed by atoms with van der Waals surface area (Å²) in [6, 6.07) is 5.95. The van der Waals surface area contributed by atoms with Gasteiger partial charge in [-0.3, -0.25) is 4.90 Å². The van der Waals surface area contributed by atoms with Crippen LogP contribution in [0.2, 0.25) is 0 Å². The van der Waals surface area contributed by atoms with Crippen LogP contribution in [0.4, 0.5) is 4.79 Å². The molecule has 1 aromatic heterocycles. The van der Waals surface area contributed by atoms with Crippen molar-refractivity contribution in [1.29, 1.82) is 0 Å². The number of fused-ring (bicyclic) bond motifs is 1. The molecule has 0 amide bonds. The van der Waals surface area contributed by atoms with E-state index < -0.39 is 6.16 Å². The molecule has 7 nitrogen and oxygen atoms in total. The first-order valence-corrected chi connectivity index (χ1v) is 8.14. The molecule has 0 spiro atoms. The minimum atomic E-state index is -0.813. The van der Waals surface area contributed by atoms with E-state index in [4.69, 9.17) is 9.47 Å². The molecule has 0 unspecified atom stereocenters. The Morgan fingerprint density at radius 3 is 2.96 bits per heavy atom. The Morgan fingerprint density at radius 1 is 1.36 bits per heavy atom. The summed E-state index contributed by atoms with van der Waals surface area (Å²) in [7, 11) is 2.90. The molecule has 1 aliphatic heterocycles. The second-order valence-electron chi connectivity index (χ2n) is 5.93. The fourth-order valence-corrected chi connectivity index (χ4v) is 2.97. The molecular formula is C18H22N2O5. The number of aromatic amines is 1. The largest absolute Gasteiger partial charge is 0.513 e. The summed E-state index contributed by atoms with van der Waals surface area (Å²) >= 11 is 0. The van der Waals surface area contributed by atoms with E-state index in [9.17, 15) is 9.90 Å². The van der Waals surface area contributed by atoms with Crippen molar-refractivity contribution in [3.8, 4) is 5.75 Å². The van der Waals surface area contributed by atoms with Crippen molar-refractivity contribution in [3.63, 3.8) is 0 Å². The molecule has 0 saturated heterocycles. The lowest BCUT2D eigenvalue weighted by Gasteiger charge is -2.27. The molecule has 0 aliphatic carbocycles. The summed E-state index contributed by atoms with van der Waals surface area (Å²) < 4.78 is 14.8. The van der Waals surface area contributed by atoms with Crippen molar-refractivity contribution < 1.29 is 24.1 Å². The molecule has 0 radical (unpaired) electrons. The number of ether oxygens (including phenoxy) is 3. The number of aromatic nitrogens is 1. The fourth-order valence-electron chi connectivity index (χ4n) is 2.97. The first-order chi connectivity index (χ1) is 12.1. The van der Waals surface area contributed by atoms with Gasteiger partial charge in [-0.25, -0.2) is 4.79 Å². The molecule has 25 heavy (non-hydrogen) atoms. The van der Waals surface area contributed by atoms with Crippen LogP contribution in [0, 0.1) is 0 Å². The number of methoxy groups -OCH3 is 2. The number of nitrogens with one attached hydrogen (secondary N) is 1. The zero-order valence-corrected chi connectivity index (χ0v) is 14.4. The Morgan fingerprint density at radius 2 is 2.20 bits per heavy atom. The van der Waals surface area contributed by atoms with Crippen LogP contribution >= 0.6 is 0 Å². The van der Waals surface area contributed by atoms with Gasteiger partial charge >= 0.3 is 6.16 Å². The lowest BCUT2D eigenvalue weighted by Crippen LogP contribution is -2.34. The van der Waals surface area contributed by atoms with Gasteiger partial charge in [0.05, 0.1) is 20.8 Å². The Balaban J connectivity index is 1.65. The molecule has 0 saturated carbocycles. The van der Waals surface area contributed by atoms with Gasteiger partial charge in [-0.05, 0) is 30.2 Å². The van der Waals surface area contributed by atoms with Gasteiger partial charge in [0, 0.05) is 36.6 Å². The average Bonchev–Trinajstić information content (AvgIpc) is 3.04. The van der Waals surface area contributed by atoms with Crippen LogP contribution in [0.3, 0.4) is 0 Å². The van der Waals surface area contributed by atoms with Crippen LogP contribution in [0.25, 0.3) is 10.9 Å². The van der Waals surface area contributed by atoms with Gasteiger partial charge in [0.15, 0.2) is 5.76 Å². The molecule has 1 aromatic carbocycles. The first-order valence-electron chi connectivity index (χ1n) is 8.14. The highest BCUT2D eigenvalue weighted by atomic mass is 16.7. The molecule has 0 bridgehead atoms. The fraction of sp³-hybridized carbons (Fsp3) is 0.389. The topological polar surface area (TPSA) is 84.0 Å². The molecular weight excluding hydrogens is 324 g/mol.